The molecule has 78 valence electrons. The van der Waals surface area contributed by atoms with Gasteiger partial charge in [-0.3, -0.25) is 4.79 Å². The molecule has 5 heteroatoms. The van der Waals surface area contributed by atoms with Crippen LogP contribution < -0.4 is 10.5 Å². The van der Waals surface area contributed by atoms with Gasteiger partial charge in [0.15, 0.2) is 5.78 Å². The number of nitrogen functional groups attached to an aromatic ring is 1. The number of ether oxygens (including phenoxy) is 1. The van der Waals surface area contributed by atoms with Crippen molar-refractivity contribution in [2.45, 2.75) is 0 Å². The first-order chi connectivity index (χ1) is 7.13. The van der Waals surface area contributed by atoms with Crippen molar-refractivity contribution >= 4 is 27.4 Å². The zero-order chi connectivity index (χ0) is 11.4. The molecule has 0 fully saturated rings. The second kappa shape index (κ2) is 4.80. The first-order valence-corrected chi connectivity index (χ1v) is 5.23. The molecule has 0 amide bonds. The van der Waals surface area contributed by atoms with E-state index in [2.05, 4.69) is 15.9 Å². The maximum Gasteiger partial charge on any atom is 0.177 e. The van der Waals surface area contributed by atoms with Crippen LogP contribution in [0.1, 0.15) is 15.9 Å². The van der Waals surface area contributed by atoms with Crippen LogP contribution in [0.3, 0.4) is 0 Å². The molecule has 1 aromatic carbocycles. The first kappa shape index (κ1) is 11.5. The van der Waals surface area contributed by atoms with Crippen LogP contribution in [0.25, 0.3) is 0 Å². The Kier molecular flexibility index (Phi) is 3.69. The summed E-state index contributed by atoms with van der Waals surface area (Å²) in [7, 11) is 1.44. The van der Waals surface area contributed by atoms with Crippen molar-refractivity contribution in [3.05, 3.63) is 23.3 Å². The zero-order valence-corrected chi connectivity index (χ0v) is 9.67. The van der Waals surface area contributed by atoms with Gasteiger partial charge in [-0.05, 0) is 6.07 Å². The highest BCUT2D eigenvalue weighted by Crippen LogP contribution is 2.25. The molecule has 1 aromatic rings. The van der Waals surface area contributed by atoms with Crippen molar-refractivity contribution in [2.24, 2.45) is 0 Å². The molecule has 0 bridgehead atoms. The number of halogens is 1. The molecule has 0 spiro atoms. The molecule has 4 nitrogen and oxygen atoms in total. The van der Waals surface area contributed by atoms with E-state index in [4.69, 9.17) is 15.7 Å². The lowest BCUT2D eigenvalue weighted by Gasteiger charge is -2.08. The van der Waals surface area contributed by atoms with Gasteiger partial charge >= 0.3 is 0 Å². The Morgan fingerprint density at radius 3 is 2.80 bits per heavy atom. The average Bonchev–Trinajstić information content (AvgIpc) is 2.27. The monoisotopic (exact) mass is 268 g/mol. The van der Waals surface area contributed by atoms with Gasteiger partial charge in [-0.2, -0.15) is 5.26 Å². The molecule has 0 saturated heterocycles. The van der Waals surface area contributed by atoms with Crippen LogP contribution >= 0.6 is 15.9 Å². The summed E-state index contributed by atoms with van der Waals surface area (Å²) >= 11 is 3.06. The van der Waals surface area contributed by atoms with Gasteiger partial charge in [-0.15, -0.1) is 0 Å². The average molecular weight is 269 g/mol. The number of methoxy groups -OCH3 is 1. The molecule has 0 aliphatic rings. The molecular formula is C10H9BrN2O2. The Balaban J connectivity index is 3.35. The molecule has 2 N–H and O–H groups in total. The summed E-state index contributed by atoms with van der Waals surface area (Å²) in [5, 5.41) is 8.93. The molecule has 0 aromatic heterocycles. The van der Waals surface area contributed by atoms with Crippen LogP contribution in [0.4, 0.5) is 5.69 Å². The number of rotatable bonds is 3. The minimum atomic E-state index is -0.136. The number of hydrogen-bond donors (Lipinski definition) is 1. The third-order valence-corrected chi connectivity index (χ3v) is 2.42. The largest absolute Gasteiger partial charge is 0.496 e. The Hall–Kier alpha value is -1.54. The Labute approximate surface area is 95.8 Å². The number of nitrogens with zero attached hydrogens (tertiary/aromatic N) is 1. The van der Waals surface area contributed by atoms with Gasteiger partial charge in [0.2, 0.25) is 0 Å². The fourth-order valence-electron chi connectivity index (χ4n) is 1.15. The lowest BCUT2D eigenvalue weighted by Crippen LogP contribution is -2.05. The van der Waals surface area contributed by atoms with E-state index >= 15 is 0 Å². The molecule has 0 saturated carbocycles. The number of alkyl halides is 1. The normalized spacial score (nSPS) is 9.40. The minimum Gasteiger partial charge on any atom is -0.496 e. The van der Waals surface area contributed by atoms with Crippen molar-refractivity contribution in [3.8, 4) is 11.8 Å². The molecule has 0 aliphatic carbocycles. The van der Waals surface area contributed by atoms with Gasteiger partial charge in [0.25, 0.3) is 0 Å². The molecule has 1 rings (SSSR count). The number of ketones is 1. The molecular weight excluding hydrogens is 260 g/mol. The van der Waals surface area contributed by atoms with Crippen molar-refractivity contribution in [3.63, 3.8) is 0 Å². The molecule has 0 atom stereocenters. The Morgan fingerprint density at radius 2 is 2.33 bits per heavy atom. The first-order valence-electron chi connectivity index (χ1n) is 4.10. The van der Waals surface area contributed by atoms with Gasteiger partial charge < -0.3 is 10.5 Å². The summed E-state index contributed by atoms with van der Waals surface area (Å²) < 4.78 is 5.02. The van der Waals surface area contributed by atoms with Gasteiger partial charge in [0, 0.05) is 6.07 Å². The fraction of sp³-hybridized carbons (Fsp3) is 0.200. The minimum absolute atomic E-state index is 0.136. The lowest BCUT2D eigenvalue weighted by atomic mass is 10.1. The number of nitriles is 1. The van der Waals surface area contributed by atoms with E-state index < -0.39 is 0 Å². The third kappa shape index (κ3) is 2.28. The smallest absolute Gasteiger partial charge is 0.177 e. The van der Waals surface area contributed by atoms with Gasteiger partial charge in [0.1, 0.15) is 11.8 Å². The number of carbonyl (C=O) groups excluding carboxylic acids is 1. The maximum atomic E-state index is 11.5. The van der Waals surface area contributed by atoms with Gasteiger partial charge in [0.05, 0.1) is 29.3 Å². The summed E-state index contributed by atoms with van der Waals surface area (Å²) in [5.41, 5.74) is 6.57. The highest BCUT2D eigenvalue weighted by Gasteiger charge is 2.14. The van der Waals surface area contributed by atoms with Crippen LogP contribution in [0, 0.1) is 11.3 Å². The maximum absolute atomic E-state index is 11.5. The summed E-state index contributed by atoms with van der Waals surface area (Å²) in [5.74, 6) is 0.230. The second-order valence-corrected chi connectivity index (χ2v) is 3.37. The molecule has 0 radical (unpaired) electrons. The number of Topliss-reactive ketones (excluding diaryl/α,β-unsaturated/α-hetero) is 1. The molecule has 15 heavy (non-hydrogen) atoms. The van der Waals surface area contributed by atoms with Crippen LogP contribution in [0.5, 0.6) is 5.75 Å². The van der Waals surface area contributed by atoms with Crippen molar-refractivity contribution < 1.29 is 9.53 Å². The highest BCUT2D eigenvalue weighted by atomic mass is 79.9. The van der Waals surface area contributed by atoms with Crippen molar-refractivity contribution in [2.75, 3.05) is 18.2 Å². The molecule has 0 heterocycles. The topological polar surface area (TPSA) is 76.1 Å². The van der Waals surface area contributed by atoms with Crippen LogP contribution in [-0.2, 0) is 0 Å². The van der Waals surface area contributed by atoms with E-state index in [0.717, 1.165) is 0 Å². The van der Waals surface area contributed by atoms with E-state index in [0.29, 0.717) is 16.9 Å². The number of nitrogens with two attached hydrogens (primary N) is 1. The van der Waals surface area contributed by atoms with Crippen molar-refractivity contribution in [1.29, 1.82) is 5.26 Å². The fourth-order valence-corrected chi connectivity index (χ4v) is 1.45. The Morgan fingerprint density at radius 1 is 1.67 bits per heavy atom. The van der Waals surface area contributed by atoms with E-state index in [1.165, 1.54) is 19.2 Å². The van der Waals surface area contributed by atoms with E-state index in [-0.39, 0.29) is 16.8 Å². The summed E-state index contributed by atoms with van der Waals surface area (Å²) in [6.45, 7) is 0. The summed E-state index contributed by atoms with van der Waals surface area (Å²) in [4.78, 5) is 11.5. The predicted molar refractivity (Wildman–Crippen MR) is 60.2 cm³/mol. The van der Waals surface area contributed by atoms with Crippen LogP contribution in [-0.4, -0.2) is 18.2 Å². The second-order valence-electron chi connectivity index (χ2n) is 2.81. The standard InChI is InChI=1S/C10H9BrN2O2/c1-15-10-2-6(5-12)8(13)3-7(10)9(14)4-11/h2-3H,4,13H2,1H3. The molecule has 0 unspecified atom stereocenters. The summed E-state index contributed by atoms with van der Waals surface area (Å²) in [6.07, 6.45) is 0. The van der Waals surface area contributed by atoms with E-state index in [9.17, 15) is 4.79 Å². The summed E-state index contributed by atoms with van der Waals surface area (Å²) in [6, 6.07) is 4.85. The number of carbonyl (C=O) groups is 1. The Bertz CT molecular complexity index is 438. The third-order valence-electron chi connectivity index (χ3n) is 1.91. The lowest BCUT2D eigenvalue weighted by molar-refractivity contribution is 0.102. The SMILES string of the molecule is COc1cc(C#N)c(N)cc1C(=O)CBr. The number of benzene rings is 1. The number of anilines is 1. The van der Waals surface area contributed by atoms with Crippen LogP contribution in [0.15, 0.2) is 12.1 Å². The number of hydrogen-bond acceptors (Lipinski definition) is 4. The predicted octanol–water partition coefficient (Wildman–Crippen LogP) is 1.73. The zero-order valence-electron chi connectivity index (χ0n) is 8.08. The van der Waals surface area contributed by atoms with Gasteiger partial charge in [-0.1, -0.05) is 15.9 Å². The van der Waals surface area contributed by atoms with Crippen molar-refractivity contribution in [1.82, 2.24) is 0 Å². The van der Waals surface area contributed by atoms with Gasteiger partial charge in [-0.25, -0.2) is 0 Å². The highest BCUT2D eigenvalue weighted by molar-refractivity contribution is 9.09. The van der Waals surface area contributed by atoms with E-state index in [1.807, 2.05) is 6.07 Å². The van der Waals surface area contributed by atoms with E-state index in [1.54, 1.807) is 0 Å². The quantitative estimate of drug-likeness (QED) is 0.515. The molecule has 0 aliphatic heterocycles. The van der Waals surface area contributed by atoms with Crippen LogP contribution in [0.2, 0.25) is 0 Å².